The van der Waals surface area contributed by atoms with E-state index in [0.717, 1.165) is 37.3 Å². The lowest BCUT2D eigenvalue weighted by Crippen LogP contribution is -2.41. The van der Waals surface area contributed by atoms with Crippen LogP contribution in [-0.2, 0) is 16.1 Å². The average Bonchev–Trinajstić information content (AvgIpc) is 2.48. The van der Waals surface area contributed by atoms with Crippen molar-refractivity contribution in [3.05, 3.63) is 29.8 Å². The first kappa shape index (κ1) is 15.0. The highest BCUT2D eigenvalue weighted by Crippen LogP contribution is 2.13. The summed E-state index contributed by atoms with van der Waals surface area (Å²) in [6.07, 6.45) is 1.98. The maximum absolute atomic E-state index is 12.0. The van der Waals surface area contributed by atoms with Crippen LogP contribution in [0.15, 0.2) is 24.3 Å². The molecule has 5 nitrogen and oxygen atoms in total. The zero-order chi connectivity index (χ0) is 14.4. The second kappa shape index (κ2) is 7.38. The quantitative estimate of drug-likeness (QED) is 0.848. The van der Waals surface area contributed by atoms with Gasteiger partial charge in [0.1, 0.15) is 0 Å². The van der Waals surface area contributed by atoms with E-state index in [1.54, 1.807) is 0 Å². The fourth-order valence-corrected chi connectivity index (χ4v) is 2.46. The zero-order valence-corrected chi connectivity index (χ0v) is 12.0. The van der Waals surface area contributed by atoms with Gasteiger partial charge >= 0.3 is 0 Å². The predicted octanol–water partition coefficient (Wildman–Crippen LogP) is 1.19. The van der Waals surface area contributed by atoms with E-state index < -0.39 is 0 Å². The normalized spacial score (nSPS) is 16.4. The third-order valence-corrected chi connectivity index (χ3v) is 3.65. The Kier molecular flexibility index (Phi) is 5.52. The second-order valence-electron chi connectivity index (χ2n) is 5.21. The summed E-state index contributed by atoms with van der Waals surface area (Å²) in [6.45, 7) is 2.45. The Morgan fingerprint density at radius 1 is 1.45 bits per heavy atom. The molecule has 1 heterocycles. The topological polar surface area (TPSA) is 67.6 Å². The summed E-state index contributed by atoms with van der Waals surface area (Å²) < 4.78 is 5.34. The van der Waals surface area contributed by atoms with Crippen LogP contribution in [0.3, 0.4) is 0 Å². The van der Waals surface area contributed by atoms with Crippen LogP contribution in [0.2, 0.25) is 0 Å². The summed E-state index contributed by atoms with van der Waals surface area (Å²) in [7, 11) is 1.99. The predicted molar refractivity (Wildman–Crippen MR) is 79.4 cm³/mol. The van der Waals surface area contributed by atoms with Gasteiger partial charge in [0.05, 0.1) is 6.54 Å². The first-order valence-electron chi connectivity index (χ1n) is 7.06. The summed E-state index contributed by atoms with van der Waals surface area (Å²) in [5.41, 5.74) is 7.41. The minimum atomic E-state index is 0.00756. The van der Waals surface area contributed by atoms with Crippen LogP contribution >= 0.6 is 0 Å². The van der Waals surface area contributed by atoms with Crippen molar-refractivity contribution in [3.63, 3.8) is 0 Å². The molecule has 1 aromatic carbocycles. The Bertz CT molecular complexity index is 444. The number of likely N-dealkylation sites (N-methyl/N-ethyl adjacent to an activating group) is 1. The molecule has 5 heteroatoms. The van der Waals surface area contributed by atoms with Gasteiger partial charge in [0, 0.05) is 31.5 Å². The molecule has 0 bridgehead atoms. The molecule has 0 aromatic heterocycles. The Morgan fingerprint density at radius 3 is 2.90 bits per heavy atom. The lowest BCUT2D eigenvalue weighted by atomic mass is 10.1. The lowest BCUT2D eigenvalue weighted by Gasteiger charge is -2.30. The Labute approximate surface area is 120 Å². The number of amides is 1. The monoisotopic (exact) mass is 277 g/mol. The number of carbonyl (C=O) groups is 1. The molecule has 110 valence electrons. The molecule has 3 N–H and O–H groups in total. The van der Waals surface area contributed by atoms with E-state index in [4.69, 9.17) is 10.5 Å². The number of anilines is 1. The number of rotatable bonds is 5. The minimum Gasteiger partial charge on any atom is -0.381 e. The molecular formula is C15H23N3O2. The highest BCUT2D eigenvalue weighted by atomic mass is 16.5. The lowest BCUT2D eigenvalue weighted by molar-refractivity contribution is -0.118. The summed E-state index contributed by atoms with van der Waals surface area (Å²) >= 11 is 0. The van der Waals surface area contributed by atoms with Gasteiger partial charge in [-0.05, 0) is 37.6 Å². The Hall–Kier alpha value is -1.43. The van der Waals surface area contributed by atoms with Crippen LogP contribution in [0.1, 0.15) is 18.4 Å². The van der Waals surface area contributed by atoms with E-state index in [-0.39, 0.29) is 5.91 Å². The van der Waals surface area contributed by atoms with Crippen molar-refractivity contribution in [2.24, 2.45) is 5.73 Å². The smallest absolute Gasteiger partial charge is 0.238 e. The fourth-order valence-electron chi connectivity index (χ4n) is 2.46. The molecule has 1 amide bonds. The van der Waals surface area contributed by atoms with E-state index >= 15 is 0 Å². The molecule has 2 rings (SSSR count). The van der Waals surface area contributed by atoms with Crippen molar-refractivity contribution < 1.29 is 9.53 Å². The molecule has 0 spiro atoms. The van der Waals surface area contributed by atoms with Gasteiger partial charge < -0.3 is 15.8 Å². The third-order valence-electron chi connectivity index (χ3n) is 3.65. The van der Waals surface area contributed by atoms with E-state index in [1.165, 1.54) is 0 Å². The van der Waals surface area contributed by atoms with Crippen LogP contribution in [0, 0.1) is 0 Å². The number of nitrogens with one attached hydrogen (secondary N) is 1. The first-order chi connectivity index (χ1) is 9.69. The van der Waals surface area contributed by atoms with Crippen molar-refractivity contribution in [3.8, 4) is 0 Å². The van der Waals surface area contributed by atoms with Gasteiger partial charge in [0.15, 0.2) is 0 Å². The van der Waals surface area contributed by atoms with E-state index in [2.05, 4.69) is 10.2 Å². The number of hydrogen-bond donors (Lipinski definition) is 2. The molecular weight excluding hydrogens is 254 g/mol. The van der Waals surface area contributed by atoms with Gasteiger partial charge in [-0.25, -0.2) is 0 Å². The van der Waals surface area contributed by atoms with Crippen molar-refractivity contribution in [2.45, 2.75) is 25.4 Å². The van der Waals surface area contributed by atoms with E-state index in [1.807, 2.05) is 31.3 Å². The number of benzene rings is 1. The SMILES string of the molecule is CN(CC(=O)Nc1cccc(CN)c1)C1CCOCC1. The van der Waals surface area contributed by atoms with Gasteiger partial charge in [0.25, 0.3) is 0 Å². The minimum absolute atomic E-state index is 0.00756. The van der Waals surface area contributed by atoms with Crippen LogP contribution in [0.25, 0.3) is 0 Å². The molecule has 0 saturated carbocycles. The summed E-state index contributed by atoms with van der Waals surface area (Å²) in [5, 5.41) is 2.92. The van der Waals surface area contributed by atoms with Crippen molar-refractivity contribution >= 4 is 11.6 Å². The molecule has 0 atom stereocenters. The van der Waals surface area contributed by atoms with Gasteiger partial charge in [-0.1, -0.05) is 12.1 Å². The van der Waals surface area contributed by atoms with Crippen molar-refractivity contribution in [1.82, 2.24) is 4.90 Å². The standard InChI is InChI=1S/C15H23N3O2/c1-18(14-5-7-20-8-6-14)11-15(19)17-13-4-2-3-12(9-13)10-16/h2-4,9,14H,5-8,10-11,16H2,1H3,(H,17,19). The van der Waals surface area contributed by atoms with Crippen LogP contribution in [0.4, 0.5) is 5.69 Å². The first-order valence-corrected chi connectivity index (χ1v) is 7.06. The molecule has 1 fully saturated rings. The fraction of sp³-hybridized carbons (Fsp3) is 0.533. The number of carbonyl (C=O) groups excluding carboxylic acids is 1. The second-order valence-corrected chi connectivity index (χ2v) is 5.21. The van der Waals surface area contributed by atoms with E-state index in [9.17, 15) is 4.79 Å². The largest absolute Gasteiger partial charge is 0.381 e. The highest BCUT2D eigenvalue weighted by molar-refractivity contribution is 5.92. The highest BCUT2D eigenvalue weighted by Gasteiger charge is 2.20. The number of hydrogen-bond acceptors (Lipinski definition) is 4. The maximum Gasteiger partial charge on any atom is 0.238 e. The summed E-state index contributed by atoms with van der Waals surface area (Å²) in [5.74, 6) is 0.00756. The summed E-state index contributed by atoms with van der Waals surface area (Å²) in [4.78, 5) is 14.2. The van der Waals surface area contributed by atoms with Crippen LogP contribution in [-0.4, -0.2) is 43.7 Å². The average molecular weight is 277 g/mol. The molecule has 1 aliphatic heterocycles. The molecule has 20 heavy (non-hydrogen) atoms. The molecule has 0 aliphatic carbocycles. The molecule has 1 aromatic rings. The number of nitrogens with two attached hydrogens (primary N) is 1. The van der Waals surface area contributed by atoms with Crippen molar-refractivity contribution in [2.75, 3.05) is 32.1 Å². The molecule has 1 aliphatic rings. The summed E-state index contributed by atoms with van der Waals surface area (Å²) in [6, 6.07) is 8.08. The maximum atomic E-state index is 12.0. The van der Waals surface area contributed by atoms with Crippen molar-refractivity contribution in [1.29, 1.82) is 0 Å². The van der Waals surface area contributed by atoms with Gasteiger partial charge in [-0.3, -0.25) is 9.69 Å². The number of nitrogens with zero attached hydrogens (tertiary/aromatic N) is 1. The van der Waals surface area contributed by atoms with Crippen LogP contribution in [0.5, 0.6) is 0 Å². The molecule has 0 radical (unpaired) electrons. The zero-order valence-electron chi connectivity index (χ0n) is 12.0. The molecule has 1 saturated heterocycles. The number of ether oxygens (including phenoxy) is 1. The van der Waals surface area contributed by atoms with E-state index in [0.29, 0.717) is 19.1 Å². The Balaban J connectivity index is 1.84. The molecule has 0 unspecified atom stereocenters. The third kappa shape index (κ3) is 4.30. The van der Waals surface area contributed by atoms with Crippen LogP contribution < -0.4 is 11.1 Å². The van der Waals surface area contributed by atoms with Gasteiger partial charge in [-0.15, -0.1) is 0 Å². The van der Waals surface area contributed by atoms with Gasteiger partial charge in [0.2, 0.25) is 5.91 Å². The Morgan fingerprint density at radius 2 is 2.20 bits per heavy atom. The van der Waals surface area contributed by atoms with Gasteiger partial charge in [-0.2, -0.15) is 0 Å².